The van der Waals surface area contributed by atoms with Crippen molar-refractivity contribution in [1.82, 2.24) is 0 Å². The van der Waals surface area contributed by atoms with Crippen LogP contribution in [0.15, 0.2) is 12.6 Å². The van der Waals surface area contributed by atoms with Crippen LogP contribution in [0.3, 0.4) is 0 Å². The number of rotatable bonds is 10. The number of nitrogens with one attached hydrogen (secondary N) is 2. The number of hydrogen-bond acceptors (Lipinski definition) is 4. The molecule has 0 unspecified atom stereocenters. The van der Waals surface area contributed by atoms with Gasteiger partial charge in [0.1, 0.15) is 0 Å². The van der Waals surface area contributed by atoms with E-state index in [0.717, 1.165) is 17.1 Å². The molecule has 4 N–H and O–H groups in total. The first-order valence-electron chi connectivity index (χ1n) is 7.19. The molecule has 19 heavy (non-hydrogen) atoms. The fourth-order valence-electron chi connectivity index (χ4n) is 2.02. The summed E-state index contributed by atoms with van der Waals surface area (Å²) < 4.78 is 0. The Morgan fingerprint density at radius 2 is 1.95 bits per heavy atom. The lowest BCUT2D eigenvalue weighted by molar-refractivity contribution is 0.617. The summed E-state index contributed by atoms with van der Waals surface area (Å²) in [6.45, 7) is 7.09. The van der Waals surface area contributed by atoms with Gasteiger partial charge in [-0.25, -0.2) is 0 Å². The lowest BCUT2D eigenvalue weighted by Gasteiger charge is -2.03. The van der Waals surface area contributed by atoms with Gasteiger partial charge in [0.15, 0.2) is 0 Å². The molecule has 0 saturated heterocycles. The van der Waals surface area contributed by atoms with Crippen LogP contribution < -0.4 is 16.4 Å². The maximum atomic E-state index is 5.77. The molecular weight excluding hydrogens is 254 g/mol. The van der Waals surface area contributed by atoms with Gasteiger partial charge in [-0.3, -0.25) is 0 Å². The molecule has 0 amide bonds. The third kappa shape index (κ3) is 5.55. The smallest absolute Gasteiger partial charge is 0.0995 e. The standard InChI is InChI=1S/C15H27N3S/c1-4-5-6-7-8-9-10-18-14-11-13(12(2)16)15(17-3)19-14/h11,17-18H,2,4-10,16H2,1,3H3. The Labute approximate surface area is 121 Å². The zero-order valence-electron chi connectivity index (χ0n) is 12.2. The average molecular weight is 281 g/mol. The van der Waals surface area contributed by atoms with Gasteiger partial charge in [-0.15, -0.1) is 11.3 Å². The molecule has 1 aromatic heterocycles. The molecule has 0 atom stereocenters. The van der Waals surface area contributed by atoms with E-state index in [4.69, 9.17) is 5.73 Å². The molecule has 108 valence electrons. The predicted octanol–water partition coefficient (Wildman–Crippen LogP) is 4.49. The van der Waals surface area contributed by atoms with Crippen molar-refractivity contribution in [3.8, 4) is 0 Å². The summed E-state index contributed by atoms with van der Waals surface area (Å²) in [7, 11) is 1.91. The molecule has 4 heteroatoms. The van der Waals surface area contributed by atoms with Crippen LogP contribution in [0.1, 0.15) is 51.0 Å². The lowest BCUT2D eigenvalue weighted by Crippen LogP contribution is -1.99. The third-order valence-electron chi connectivity index (χ3n) is 3.13. The Hall–Kier alpha value is -1.16. The average Bonchev–Trinajstić information content (AvgIpc) is 2.81. The van der Waals surface area contributed by atoms with E-state index in [-0.39, 0.29) is 0 Å². The first-order chi connectivity index (χ1) is 9.19. The Bertz CT molecular complexity index is 385. The molecule has 1 aromatic rings. The fraction of sp³-hybridized carbons (Fsp3) is 0.600. The molecule has 1 rings (SSSR count). The Morgan fingerprint density at radius 1 is 1.26 bits per heavy atom. The molecule has 0 radical (unpaired) electrons. The van der Waals surface area contributed by atoms with Gasteiger partial charge in [0.25, 0.3) is 0 Å². The Morgan fingerprint density at radius 3 is 2.53 bits per heavy atom. The van der Waals surface area contributed by atoms with Crippen molar-refractivity contribution in [3.63, 3.8) is 0 Å². The number of anilines is 2. The highest BCUT2D eigenvalue weighted by molar-refractivity contribution is 7.20. The number of unbranched alkanes of at least 4 members (excludes halogenated alkanes) is 5. The van der Waals surface area contributed by atoms with Crippen molar-refractivity contribution in [1.29, 1.82) is 0 Å². The molecule has 0 spiro atoms. The molecule has 3 nitrogen and oxygen atoms in total. The van der Waals surface area contributed by atoms with Gasteiger partial charge in [0, 0.05) is 24.9 Å². The van der Waals surface area contributed by atoms with Crippen molar-refractivity contribution >= 4 is 27.0 Å². The molecular formula is C15H27N3S. The molecule has 0 aliphatic rings. The predicted molar refractivity (Wildman–Crippen MR) is 89.0 cm³/mol. The topological polar surface area (TPSA) is 50.1 Å². The van der Waals surface area contributed by atoms with Crippen LogP contribution in [0.4, 0.5) is 10.0 Å². The van der Waals surface area contributed by atoms with E-state index < -0.39 is 0 Å². The second-order valence-electron chi connectivity index (χ2n) is 4.82. The molecule has 0 aromatic carbocycles. The summed E-state index contributed by atoms with van der Waals surface area (Å²) in [6, 6.07) is 2.08. The summed E-state index contributed by atoms with van der Waals surface area (Å²) in [5.74, 6) is 0. The molecule has 0 fully saturated rings. The highest BCUT2D eigenvalue weighted by Crippen LogP contribution is 2.34. The van der Waals surface area contributed by atoms with Gasteiger partial charge in [-0.2, -0.15) is 0 Å². The minimum Gasteiger partial charge on any atom is -0.399 e. The second kappa shape index (κ2) is 8.86. The second-order valence-corrected chi connectivity index (χ2v) is 5.88. The summed E-state index contributed by atoms with van der Waals surface area (Å²) >= 11 is 1.70. The van der Waals surface area contributed by atoms with E-state index in [1.54, 1.807) is 11.3 Å². The SMILES string of the molecule is C=C(N)c1cc(NCCCCCCCC)sc1NC. The minimum absolute atomic E-state index is 0.619. The maximum Gasteiger partial charge on any atom is 0.0995 e. The van der Waals surface area contributed by atoms with Crippen molar-refractivity contribution in [2.75, 3.05) is 24.2 Å². The van der Waals surface area contributed by atoms with Gasteiger partial charge >= 0.3 is 0 Å². The van der Waals surface area contributed by atoms with Crippen LogP contribution >= 0.6 is 11.3 Å². The van der Waals surface area contributed by atoms with Gasteiger partial charge in [0.05, 0.1) is 10.0 Å². The van der Waals surface area contributed by atoms with Gasteiger partial charge < -0.3 is 16.4 Å². The summed E-state index contributed by atoms with van der Waals surface area (Å²) in [4.78, 5) is 0. The minimum atomic E-state index is 0.619. The summed E-state index contributed by atoms with van der Waals surface area (Å²) in [5, 5.41) is 8.87. The van der Waals surface area contributed by atoms with Gasteiger partial charge in [-0.1, -0.05) is 45.6 Å². The molecule has 0 aliphatic heterocycles. The Balaban J connectivity index is 2.28. The fourth-order valence-corrected chi connectivity index (χ4v) is 2.99. The quantitative estimate of drug-likeness (QED) is 0.554. The molecule has 1 heterocycles. The Kier molecular flexibility index (Phi) is 7.41. The molecule has 0 bridgehead atoms. The highest BCUT2D eigenvalue weighted by Gasteiger charge is 2.08. The first-order valence-corrected chi connectivity index (χ1v) is 8.00. The number of hydrogen-bond donors (Lipinski definition) is 3. The van der Waals surface area contributed by atoms with Crippen LogP contribution in [0, 0.1) is 0 Å². The van der Waals surface area contributed by atoms with E-state index in [0.29, 0.717) is 5.70 Å². The zero-order chi connectivity index (χ0) is 14.1. The largest absolute Gasteiger partial charge is 0.399 e. The third-order valence-corrected chi connectivity index (χ3v) is 4.24. The van der Waals surface area contributed by atoms with Crippen LogP contribution in [0.5, 0.6) is 0 Å². The van der Waals surface area contributed by atoms with E-state index in [1.807, 2.05) is 7.05 Å². The van der Waals surface area contributed by atoms with Crippen molar-refractivity contribution in [2.45, 2.75) is 45.4 Å². The number of nitrogens with two attached hydrogens (primary N) is 1. The first kappa shape index (κ1) is 15.9. The van der Waals surface area contributed by atoms with E-state index in [9.17, 15) is 0 Å². The van der Waals surface area contributed by atoms with Crippen LogP contribution in [-0.2, 0) is 0 Å². The van der Waals surface area contributed by atoms with E-state index in [2.05, 4.69) is 30.2 Å². The van der Waals surface area contributed by atoms with E-state index in [1.165, 1.54) is 43.5 Å². The molecule has 0 aliphatic carbocycles. The van der Waals surface area contributed by atoms with Crippen molar-refractivity contribution in [2.24, 2.45) is 5.73 Å². The maximum absolute atomic E-state index is 5.77. The number of thiophene rings is 1. The van der Waals surface area contributed by atoms with Gasteiger partial charge in [-0.05, 0) is 12.5 Å². The van der Waals surface area contributed by atoms with Crippen molar-refractivity contribution < 1.29 is 0 Å². The highest BCUT2D eigenvalue weighted by atomic mass is 32.1. The molecule has 0 saturated carbocycles. The zero-order valence-corrected chi connectivity index (χ0v) is 13.0. The lowest BCUT2D eigenvalue weighted by atomic mass is 10.1. The summed E-state index contributed by atoms with van der Waals surface area (Å²) in [5.41, 5.74) is 7.40. The summed E-state index contributed by atoms with van der Waals surface area (Å²) in [6.07, 6.45) is 7.95. The van der Waals surface area contributed by atoms with Crippen molar-refractivity contribution in [3.05, 3.63) is 18.2 Å². The van der Waals surface area contributed by atoms with Crippen LogP contribution in [-0.4, -0.2) is 13.6 Å². The van der Waals surface area contributed by atoms with Crippen LogP contribution in [0.25, 0.3) is 5.70 Å². The van der Waals surface area contributed by atoms with Gasteiger partial charge in [0.2, 0.25) is 0 Å². The van der Waals surface area contributed by atoms with E-state index >= 15 is 0 Å². The van der Waals surface area contributed by atoms with Crippen LogP contribution in [0.2, 0.25) is 0 Å². The normalized spacial score (nSPS) is 10.4. The monoisotopic (exact) mass is 281 g/mol.